The minimum Gasteiger partial charge on any atom is -0.383 e. The molecular formula is C16H19FN4O2. The highest BCUT2D eigenvalue weighted by molar-refractivity contribution is 5.92. The van der Waals surface area contributed by atoms with Crippen LogP contribution in [0, 0.1) is 5.82 Å². The Balaban J connectivity index is 1.78. The van der Waals surface area contributed by atoms with Gasteiger partial charge in [0, 0.05) is 20.2 Å². The van der Waals surface area contributed by atoms with E-state index in [1.165, 1.54) is 12.1 Å². The van der Waals surface area contributed by atoms with Crippen molar-refractivity contribution in [3.8, 4) is 0 Å². The first-order valence-electron chi connectivity index (χ1n) is 7.28. The maximum atomic E-state index is 12.8. The van der Waals surface area contributed by atoms with Crippen LogP contribution in [-0.2, 0) is 11.2 Å². The molecule has 1 amide bonds. The van der Waals surface area contributed by atoms with Crippen LogP contribution < -0.4 is 10.6 Å². The van der Waals surface area contributed by atoms with Crippen LogP contribution in [0.1, 0.15) is 16.1 Å². The van der Waals surface area contributed by atoms with Crippen LogP contribution in [0.3, 0.4) is 0 Å². The van der Waals surface area contributed by atoms with Gasteiger partial charge in [-0.2, -0.15) is 0 Å². The Labute approximate surface area is 134 Å². The molecule has 2 N–H and O–H groups in total. The highest BCUT2D eigenvalue weighted by Gasteiger charge is 2.07. The van der Waals surface area contributed by atoms with E-state index >= 15 is 0 Å². The van der Waals surface area contributed by atoms with Gasteiger partial charge in [0.2, 0.25) is 0 Å². The molecule has 1 heterocycles. The summed E-state index contributed by atoms with van der Waals surface area (Å²) in [6.45, 7) is 1.51. The van der Waals surface area contributed by atoms with Crippen LogP contribution >= 0.6 is 0 Å². The third kappa shape index (κ3) is 5.63. The summed E-state index contributed by atoms with van der Waals surface area (Å²) in [6, 6.07) is 9.67. The van der Waals surface area contributed by atoms with E-state index in [9.17, 15) is 9.18 Å². The summed E-state index contributed by atoms with van der Waals surface area (Å²) in [5, 5.41) is 13.6. The van der Waals surface area contributed by atoms with Gasteiger partial charge in [0.1, 0.15) is 11.6 Å². The molecule has 0 spiro atoms. The number of rotatable bonds is 8. The van der Waals surface area contributed by atoms with E-state index in [2.05, 4.69) is 20.8 Å². The average Bonchev–Trinajstić information content (AvgIpc) is 2.57. The van der Waals surface area contributed by atoms with Crippen LogP contribution in [-0.4, -0.2) is 42.9 Å². The van der Waals surface area contributed by atoms with Crippen molar-refractivity contribution in [2.45, 2.75) is 6.42 Å². The van der Waals surface area contributed by atoms with Crippen molar-refractivity contribution in [2.24, 2.45) is 0 Å². The second-order valence-electron chi connectivity index (χ2n) is 4.86. The zero-order valence-electron chi connectivity index (χ0n) is 12.9. The van der Waals surface area contributed by atoms with Crippen molar-refractivity contribution in [2.75, 3.05) is 32.1 Å². The van der Waals surface area contributed by atoms with Crippen molar-refractivity contribution in [1.82, 2.24) is 15.5 Å². The maximum Gasteiger partial charge on any atom is 0.271 e. The van der Waals surface area contributed by atoms with Gasteiger partial charge in [-0.1, -0.05) is 12.1 Å². The molecule has 0 unspecified atom stereocenters. The molecule has 0 aliphatic heterocycles. The Bertz CT molecular complexity index is 617. The largest absolute Gasteiger partial charge is 0.383 e. The molecule has 0 aliphatic rings. The summed E-state index contributed by atoms with van der Waals surface area (Å²) in [5.74, 6) is 0.0555. The maximum absolute atomic E-state index is 12.8. The number of anilines is 1. The number of benzene rings is 1. The number of methoxy groups -OCH3 is 1. The predicted molar refractivity (Wildman–Crippen MR) is 84.8 cm³/mol. The minimum atomic E-state index is -0.285. The Kier molecular flexibility index (Phi) is 6.43. The summed E-state index contributed by atoms with van der Waals surface area (Å²) >= 11 is 0. The second kappa shape index (κ2) is 8.79. The van der Waals surface area contributed by atoms with Gasteiger partial charge in [-0.25, -0.2) is 4.39 Å². The lowest BCUT2D eigenvalue weighted by molar-refractivity contribution is 0.0931. The summed E-state index contributed by atoms with van der Waals surface area (Å²) in [7, 11) is 1.57. The molecule has 122 valence electrons. The molecule has 0 radical (unpaired) electrons. The molecule has 1 aromatic carbocycles. The van der Waals surface area contributed by atoms with Crippen molar-refractivity contribution < 1.29 is 13.9 Å². The highest BCUT2D eigenvalue weighted by atomic mass is 19.1. The molecule has 23 heavy (non-hydrogen) atoms. The number of nitrogens with one attached hydrogen (secondary N) is 2. The van der Waals surface area contributed by atoms with E-state index in [-0.39, 0.29) is 17.4 Å². The zero-order valence-corrected chi connectivity index (χ0v) is 12.9. The fourth-order valence-corrected chi connectivity index (χ4v) is 1.89. The number of carbonyl (C=O) groups excluding carboxylic acids is 1. The van der Waals surface area contributed by atoms with Crippen LogP contribution in [0.4, 0.5) is 10.2 Å². The van der Waals surface area contributed by atoms with Crippen molar-refractivity contribution in [3.05, 3.63) is 53.5 Å². The number of aromatic nitrogens is 2. The lowest BCUT2D eigenvalue weighted by Gasteiger charge is -2.06. The lowest BCUT2D eigenvalue weighted by Crippen LogP contribution is -2.28. The van der Waals surface area contributed by atoms with Crippen LogP contribution in [0.25, 0.3) is 0 Å². The molecule has 2 rings (SSSR count). The van der Waals surface area contributed by atoms with Crippen LogP contribution in [0.15, 0.2) is 36.4 Å². The third-order valence-electron chi connectivity index (χ3n) is 3.12. The molecule has 0 fully saturated rings. The molecule has 0 saturated heterocycles. The van der Waals surface area contributed by atoms with Crippen molar-refractivity contribution in [3.63, 3.8) is 0 Å². The Morgan fingerprint density at radius 2 is 1.91 bits per heavy atom. The molecule has 0 saturated carbocycles. The molecule has 7 heteroatoms. The number of hydrogen-bond donors (Lipinski definition) is 2. The first-order chi connectivity index (χ1) is 11.2. The van der Waals surface area contributed by atoms with E-state index < -0.39 is 0 Å². The first kappa shape index (κ1) is 16.8. The first-order valence-corrected chi connectivity index (χ1v) is 7.28. The van der Waals surface area contributed by atoms with Gasteiger partial charge in [-0.3, -0.25) is 4.79 Å². The Morgan fingerprint density at radius 3 is 2.57 bits per heavy atom. The summed E-state index contributed by atoms with van der Waals surface area (Å²) in [5.41, 5.74) is 1.28. The van der Waals surface area contributed by atoms with Gasteiger partial charge < -0.3 is 15.4 Å². The zero-order chi connectivity index (χ0) is 16.5. The summed E-state index contributed by atoms with van der Waals surface area (Å²) in [6.07, 6.45) is 0.737. The van der Waals surface area contributed by atoms with Gasteiger partial charge in [-0.15, -0.1) is 10.2 Å². The van der Waals surface area contributed by atoms with Crippen molar-refractivity contribution >= 4 is 11.7 Å². The lowest BCUT2D eigenvalue weighted by atomic mass is 10.1. The fourth-order valence-electron chi connectivity index (χ4n) is 1.89. The van der Waals surface area contributed by atoms with E-state index in [0.29, 0.717) is 25.5 Å². The molecular weight excluding hydrogens is 299 g/mol. The predicted octanol–water partition coefficient (Wildman–Crippen LogP) is 1.65. The number of nitrogens with zero attached hydrogens (tertiary/aromatic N) is 2. The van der Waals surface area contributed by atoms with E-state index in [4.69, 9.17) is 4.74 Å². The number of halogens is 1. The normalized spacial score (nSPS) is 10.3. The Hall–Kier alpha value is -2.54. The SMILES string of the molecule is COCCNC(=O)c1ccc(NCCc2ccc(F)cc2)nn1. The standard InChI is InChI=1S/C16H19FN4O2/c1-23-11-10-19-16(22)14-6-7-15(21-20-14)18-9-8-12-2-4-13(17)5-3-12/h2-7H,8-11H2,1H3,(H,18,21)(H,19,22). The number of hydrogen-bond acceptors (Lipinski definition) is 5. The van der Waals surface area contributed by atoms with E-state index in [0.717, 1.165) is 12.0 Å². The highest BCUT2D eigenvalue weighted by Crippen LogP contribution is 2.05. The molecule has 1 aromatic heterocycles. The minimum absolute atomic E-state index is 0.244. The molecule has 0 atom stereocenters. The molecule has 2 aromatic rings. The monoisotopic (exact) mass is 318 g/mol. The summed E-state index contributed by atoms with van der Waals surface area (Å²) < 4.78 is 17.7. The van der Waals surface area contributed by atoms with E-state index in [1.807, 2.05) is 0 Å². The topological polar surface area (TPSA) is 76.1 Å². The molecule has 6 nitrogen and oxygen atoms in total. The van der Waals surface area contributed by atoms with Gasteiger partial charge in [0.05, 0.1) is 6.61 Å². The second-order valence-corrected chi connectivity index (χ2v) is 4.86. The van der Waals surface area contributed by atoms with E-state index in [1.54, 1.807) is 31.4 Å². The smallest absolute Gasteiger partial charge is 0.271 e. The third-order valence-corrected chi connectivity index (χ3v) is 3.12. The quantitative estimate of drug-likeness (QED) is 0.724. The fraction of sp³-hybridized carbons (Fsp3) is 0.312. The Morgan fingerprint density at radius 1 is 1.13 bits per heavy atom. The molecule has 0 bridgehead atoms. The van der Waals surface area contributed by atoms with Gasteiger partial charge in [0.15, 0.2) is 5.69 Å². The van der Waals surface area contributed by atoms with Crippen LogP contribution in [0.2, 0.25) is 0 Å². The number of ether oxygens (including phenoxy) is 1. The van der Waals surface area contributed by atoms with Crippen molar-refractivity contribution in [1.29, 1.82) is 0 Å². The van der Waals surface area contributed by atoms with Gasteiger partial charge >= 0.3 is 0 Å². The van der Waals surface area contributed by atoms with Crippen LogP contribution in [0.5, 0.6) is 0 Å². The van der Waals surface area contributed by atoms with Gasteiger partial charge in [0.25, 0.3) is 5.91 Å². The number of carbonyl (C=O) groups is 1. The average molecular weight is 318 g/mol. The van der Waals surface area contributed by atoms with Gasteiger partial charge in [-0.05, 0) is 36.2 Å². The summed E-state index contributed by atoms with van der Waals surface area (Å²) in [4.78, 5) is 11.7. The molecule has 0 aliphatic carbocycles. The number of amides is 1.